The van der Waals surface area contributed by atoms with Crippen molar-refractivity contribution < 1.29 is 9.53 Å². The van der Waals surface area contributed by atoms with E-state index in [9.17, 15) is 4.79 Å². The Balaban J connectivity index is 2.07. The van der Waals surface area contributed by atoms with Crippen LogP contribution in [0.1, 0.15) is 19.3 Å². The van der Waals surface area contributed by atoms with Gasteiger partial charge in [-0.05, 0) is 18.8 Å². The molecule has 2 atom stereocenters. The summed E-state index contributed by atoms with van der Waals surface area (Å²) in [5.41, 5.74) is 0.233. The van der Waals surface area contributed by atoms with Crippen LogP contribution in [0.2, 0.25) is 0 Å². The van der Waals surface area contributed by atoms with E-state index < -0.39 is 0 Å². The lowest BCUT2D eigenvalue weighted by atomic mass is 9.82. The normalized spacial score (nSPS) is 34.5. The number of rotatable bonds is 3. The van der Waals surface area contributed by atoms with E-state index in [2.05, 4.69) is 0 Å². The van der Waals surface area contributed by atoms with E-state index in [1.807, 2.05) is 4.90 Å². The van der Waals surface area contributed by atoms with Crippen molar-refractivity contribution in [2.75, 3.05) is 32.7 Å². The maximum Gasteiger partial charge on any atom is 0.237 e. The molecule has 1 amide bonds. The van der Waals surface area contributed by atoms with Crippen LogP contribution in [-0.2, 0) is 9.53 Å². The number of hydrogen-bond acceptors (Lipinski definition) is 2. The zero-order valence-corrected chi connectivity index (χ0v) is 9.92. The van der Waals surface area contributed by atoms with E-state index >= 15 is 0 Å². The van der Waals surface area contributed by atoms with Crippen LogP contribution in [0.15, 0.2) is 0 Å². The van der Waals surface area contributed by atoms with Gasteiger partial charge >= 0.3 is 0 Å². The molecular formula is C11H18ClNO2. The van der Waals surface area contributed by atoms with E-state index in [0.717, 1.165) is 19.7 Å². The van der Waals surface area contributed by atoms with Gasteiger partial charge in [-0.3, -0.25) is 4.79 Å². The first-order valence-corrected chi connectivity index (χ1v) is 6.08. The fourth-order valence-corrected chi connectivity index (χ4v) is 3.38. The average Bonchev–Trinajstić information content (AvgIpc) is 2.73. The van der Waals surface area contributed by atoms with Gasteiger partial charge in [0.05, 0.1) is 6.61 Å². The molecule has 1 saturated carbocycles. The highest BCUT2D eigenvalue weighted by atomic mass is 35.5. The molecule has 15 heavy (non-hydrogen) atoms. The minimum atomic E-state index is 0.0709. The monoisotopic (exact) mass is 231 g/mol. The predicted molar refractivity (Wildman–Crippen MR) is 59.0 cm³/mol. The van der Waals surface area contributed by atoms with Crippen LogP contribution in [0.5, 0.6) is 0 Å². The molecule has 1 aliphatic carbocycles. The summed E-state index contributed by atoms with van der Waals surface area (Å²) in [6.45, 7) is 2.51. The molecule has 0 aromatic rings. The maximum atomic E-state index is 11.5. The van der Waals surface area contributed by atoms with Gasteiger partial charge in [-0.2, -0.15) is 0 Å². The van der Waals surface area contributed by atoms with Crippen LogP contribution >= 0.6 is 11.6 Å². The number of fused-ring (bicyclic) bond motifs is 1. The Kier molecular flexibility index (Phi) is 3.21. The van der Waals surface area contributed by atoms with Gasteiger partial charge in [-0.1, -0.05) is 6.42 Å². The van der Waals surface area contributed by atoms with Crippen molar-refractivity contribution >= 4 is 17.5 Å². The molecule has 4 heteroatoms. The molecule has 1 saturated heterocycles. The Labute approximate surface area is 95.7 Å². The van der Waals surface area contributed by atoms with Crippen molar-refractivity contribution in [2.45, 2.75) is 19.3 Å². The van der Waals surface area contributed by atoms with Crippen LogP contribution < -0.4 is 0 Å². The summed E-state index contributed by atoms with van der Waals surface area (Å²) in [5, 5.41) is 0. The summed E-state index contributed by atoms with van der Waals surface area (Å²) in [5.74, 6) is 0.807. The first-order valence-electron chi connectivity index (χ1n) is 5.54. The van der Waals surface area contributed by atoms with Gasteiger partial charge in [0.2, 0.25) is 5.91 Å². The highest BCUT2D eigenvalue weighted by Gasteiger charge is 2.50. The molecule has 0 unspecified atom stereocenters. The third-order valence-corrected chi connectivity index (χ3v) is 4.17. The van der Waals surface area contributed by atoms with Gasteiger partial charge < -0.3 is 9.64 Å². The van der Waals surface area contributed by atoms with Crippen molar-refractivity contribution in [2.24, 2.45) is 11.3 Å². The van der Waals surface area contributed by atoms with Gasteiger partial charge in [0, 0.05) is 25.6 Å². The van der Waals surface area contributed by atoms with Gasteiger partial charge in [0.15, 0.2) is 0 Å². The topological polar surface area (TPSA) is 29.5 Å². The molecule has 2 aliphatic rings. The largest absolute Gasteiger partial charge is 0.384 e. The lowest BCUT2D eigenvalue weighted by molar-refractivity contribution is -0.128. The highest BCUT2D eigenvalue weighted by Crippen LogP contribution is 2.48. The van der Waals surface area contributed by atoms with Gasteiger partial charge in [-0.15, -0.1) is 11.6 Å². The van der Waals surface area contributed by atoms with Crippen LogP contribution in [0.3, 0.4) is 0 Å². The Morgan fingerprint density at radius 2 is 2.47 bits per heavy atom. The van der Waals surface area contributed by atoms with Gasteiger partial charge in [-0.25, -0.2) is 0 Å². The summed E-state index contributed by atoms with van der Waals surface area (Å²) >= 11 is 5.59. The number of hydrogen-bond donors (Lipinski definition) is 0. The number of amides is 1. The highest BCUT2D eigenvalue weighted by molar-refractivity contribution is 6.27. The average molecular weight is 232 g/mol. The molecule has 1 aliphatic heterocycles. The fraction of sp³-hybridized carbons (Fsp3) is 0.909. The summed E-state index contributed by atoms with van der Waals surface area (Å²) < 4.78 is 5.32. The molecule has 1 heterocycles. The summed E-state index contributed by atoms with van der Waals surface area (Å²) in [6, 6.07) is 0. The second kappa shape index (κ2) is 4.30. The molecule has 0 radical (unpaired) electrons. The minimum absolute atomic E-state index is 0.0709. The van der Waals surface area contributed by atoms with Gasteiger partial charge in [0.1, 0.15) is 5.88 Å². The summed E-state index contributed by atoms with van der Waals surface area (Å²) in [7, 11) is 1.75. The number of nitrogens with zero attached hydrogens (tertiary/aromatic N) is 1. The van der Waals surface area contributed by atoms with Crippen molar-refractivity contribution in [1.29, 1.82) is 0 Å². The van der Waals surface area contributed by atoms with Crippen LogP contribution in [0.25, 0.3) is 0 Å². The maximum absolute atomic E-state index is 11.5. The van der Waals surface area contributed by atoms with E-state index in [1.165, 1.54) is 19.3 Å². The number of ether oxygens (including phenoxy) is 1. The Morgan fingerprint density at radius 3 is 3.13 bits per heavy atom. The molecule has 0 aromatic carbocycles. The van der Waals surface area contributed by atoms with Crippen molar-refractivity contribution in [1.82, 2.24) is 4.90 Å². The quantitative estimate of drug-likeness (QED) is 0.689. The van der Waals surface area contributed by atoms with E-state index in [4.69, 9.17) is 16.3 Å². The van der Waals surface area contributed by atoms with E-state index in [-0.39, 0.29) is 17.2 Å². The smallest absolute Gasteiger partial charge is 0.237 e. The molecule has 0 spiro atoms. The zero-order chi connectivity index (χ0) is 10.9. The number of alkyl halides is 1. The lowest BCUT2D eigenvalue weighted by Gasteiger charge is -2.27. The molecule has 86 valence electrons. The van der Waals surface area contributed by atoms with E-state index in [0.29, 0.717) is 5.92 Å². The Hall–Kier alpha value is -0.280. The molecule has 2 fully saturated rings. The number of likely N-dealkylation sites (tertiary alicyclic amines) is 1. The zero-order valence-electron chi connectivity index (χ0n) is 9.17. The number of carbonyl (C=O) groups excluding carboxylic acids is 1. The molecule has 0 N–H and O–H groups in total. The fourth-order valence-electron chi connectivity index (χ4n) is 3.21. The van der Waals surface area contributed by atoms with Crippen LogP contribution in [0.4, 0.5) is 0 Å². The van der Waals surface area contributed by atoms with Crippen LogP contribution in [-0.4, -0.2) is 43.5 Å². The Bertz CT molecular complexity index is 259. The standard InChI is InChI=1S/C11H18ClNO2/c1-15-8-11-4-2-3-9(11)6-13(7-11)10(14)5-12/h9H,2-8H2,1H3/t9-,11+/m1/s1. The first-order chi connectivity index (χ1) is 7.22. The summed E-state index contributed by atoms with van der Waals surface area (Å²) in [4.78, 5) is 13.5. The second-order valence-electron chi connectivity index (χ2n) is 4.79. The molecule has 0 aromatic heterocycles. The minimum Gasteiger partial charge on any atom is -0.384 e. The molecule has 3 nitrogen and oxygen atoms in total. The SMILES string of the molecule is COC[C@@]12CCC[C@@H]1CN(C(=O)CCl)C2. The first kappa shape index (κ1) is 11.2. The number of carbonyl (C=O) groups is 1. The number of methoxy groups -OCH3 is 1. The Morgan fingerprint density at radius 1 is 1.67 bits per heavy atom. The van der Waals surface area contributed by atoms with Crippen LogP contribution in [0, 0.1) is 11.3 Å². The lowest BCUT2D eigenvalue weighted by Crippen LogP contribution is -2.35. The van der Waals surface area contributed by atoms with E-state index in [1.54, 1.807) is 7.11 Å². The summed E-state index contributed by atoms with van der Waals surface area (Å²) in [6.07, 6.45) is 3.70. The van der Waals surface area contributed by atoms with Crippen molar-refractivity contribution in [3.8, 4) is 0 Å². The van der Waals surface area contributed by atoms with Crippen molar-refractivity contribution in [3.05, 3.63) is 0 Å². The third-order valence-electron chi connectivity index (χ3n) is 3.94. The van der Waals surface area contributed by atoms with Crippen molar-refractivity contribution in [3.63, 3.8) is 0 Å². The molecule has 0 bridgehead atoms. The van der Waals surface area contributed by atoms with Gasteiger partial charge in [0.25, 0.3) is 0 Å². The third kappa shape index (κ3) is 1.87. The molecule has 2 rings (SSSR count). The molecular weight excluding hydrogens is 214 g/mol. The predicted octanol–water partition coefficient (Wildman–Crippen LogP) is 1.50. The number of halogens is 1. The second-order valence-corrected chi connectivity index (χ2v) is 5.06.